The van der Waals surface area contributed by atoms with E-state index in [1.165, 1.54) is 0 Å². The van der Waals surface area contributed by atoms with Crippen LogP contribution in [0.2, 0.25) is 0 Å². The summed E-state index contributed by atoms with van der Waals surface area (Å²) >= 11 is 0. The first-order chi connectivity index (χ1) is 8.12. The number of hydrogen-bond acceptors (Lipinski definition) is 2. The van der Waals surface area contributed by atoms with Gasteiger partial charge in [0.1, 0.15) is 0 Å². The molecule has 0 unspecified atom stereocenters. The van der Waals surface area contributed by atoms with Crippen molar-refractivity contribution in [2.45, 2.75) is 33.7 Å². The highest BCUT2D eigenvalue weighted by Crippen LogP contribution is 2.06. The summed E-state index contributed by atoms with van der Waals surface area (Å²) in [5, 5.41) is 7.27. The molecule has 1 aromatic rings. The van der Waals surface area contributed by atoms with E-state index in [1.54, 1.807) is 9.58 Å². The normalized spacial score (nSPS) is 10.4. The molecule has 0 spiro atoms. The fraction of sp³-hybridized carbons (Fsp3) is 0.667. The maximum absolute atomic E-state index is 11.8. The molecule has 0 aliphatic rings. The fourth-order valence-corrected chi connectivity index (χ4v) is 1.82. The Bertz CT molecular complexity index is 369. The number of aromatic nitrogens is 2. The summed E-state index contributed by atoms with van der Waals surface area (Å²) in [6.07, 6.45) is 2.85. The monoisotopic (exact) mass is 238 g/mol. The molecule has 5 heteroatoms. The standard InChI is InChI=1S/C12H22N4O/c1-5-11-10(9-15(4)14-11)8-13-12(17)16(6-2)7-3/h9H,5-8H2,1-4H3,(H,13,17). The lowest BCUT2D eigenvalue weighted by Crippen LogP contribution is -2.39. The second kappa shape index (κ2) is 6.27. The van der Waals surface area contributed by atoms with Gasteiger partial charge in [-0.05, 0) is 20.3 Å². The molecule has 0 bridgehead atoms. The quantitative estimate of drug-likeness (QED) is 0.846. The van der Waals surface area contributed by atoms with Gasteiger partial charge in [0.15, 0.2) is 0 Å². The first-order valence-corrected chi connectivity index (χ1v) is 6.16. The Balaban J connectivity index is 2.57. The predicted molar refractivity (Wildman–Crippen MR) is 67.7 cm³/mol. The minimum atomic E-state index is -0.0130. The zero-order chi connectivity index (χ0) is 12.8. The van der Waals surface area contributed by atoms with Crippen molar-refractivity contribution in [3.05, 3.63) is 17.5 Å². The molecule has 2 amide bonds. The summed E-state index contributed by atoms with van der Waals surface area (Å²) in [5.74, 6) is 0. The van der Waals surface area contributed by atoms with Crippen molar-refractivity contribution < 1.29 is 4.79 Å². The number of nitrogens with zero attached hydrogens (tertiary/aromatic N) is 3. The van der Waals surface area contributed by atoms with Gasteiger partial charge >= 0.3 is 6.03 Å². The van der Waals surface area contributed by atoms with Gasteiger partial charge in [0.25, 0.3) is 0 Å². The summed E-state index contributed by atoms with van der Waals surface area (Å²) in [7, 11) is 1.90. The third kappa shape index (κ3) is 3.47. The van der Waals surface area contributed by atoms with E-state index in [0.29, 0.717) is 6.54 Å². The minimum absolute atomic E-state index is 0.0130. The average Bonchev–Trinajstić information content (AvgIpc) is 2.68. The molecule has 17 heavy (non-hydrogen) atoms. The largest absolute Gasteiger partial charge is 0.334 e. The molecule has 1 heterocycles. The maximum Gasteiger partial charge on any atom is 0.317 e. The van der Waals surface area contributed by atoms with Gasteiger partial charge in [-0.15, -0.1) is 0 Å². The van der Waals surface area contributed by atoms with E-state index in [4.69, 9.17) is 0 Å². The minimum Gasteiger partial charge on any atom is -0.334 e. The molecular formula is C12H22N4O. The molecule has 0 fully saturated rings. The molecule has 5 nitrogen and oxygen atoms in total. The molecule has 0 aliphatic heterocycles. The molecule has 0 atom stereocenters. The van der Waals surface area contributed by atoms with E-state index in [0.717, 1.165) is 30.8 Å². The van der Waals surface area contributed by atoms with Crippen molar-refractivity contribution in [3.63, 3.8) is 0 Å². The molecule has 1 N–H and O–H groups in total. The van der Waals surface area contributed by atoms with Crippen LogP contribution in [0.4, 0.5) is 4.79 Å². The predicted octanol–water partition coefficient (Wildman–Crippen LogP) is 1.53. The zero-order valence-corrected chi connectivity index (χ0v) is 11.2. The molecule has 1 rings (SSSR count). The van der Waals surface area contributed by atoms with E-state index in [1.807, 2.05) is 27.1 Å². The van der Waals surface area contributed by atoms with Crippen molar-refractivity contribution in [3.8, 4) is 0 Å². The van der Waals surface area contributed by atoms with Crippen LogP contribution in [0.5, 0.6) is 0 Å². The highest BCUT2D eigenvalue weighted by molar-refractivity contribution is 5.74. The summed E-state index contributed by atoms with van der Waals surface area (Å²) < 4.78 is 1.79. The summed E-state index contributed by atoms with van der Waals surface area (Å²) in [5.41, 5.74) is 2.14. The number of hydrogen-bond donors (Lipinski definition) is 1. The summed E-state index contributed by atoms with van der Waals surface area (Å²) in [6, 6.07) is -0.0130. The molecule has 0 aliphatic carbocycles. The average molecular weight is 238 g/mol. The molecule has 0 saturated heterocycles. The first kappa shape index (κ1) is 13.5. The SMILES string of the molecule is CCc1nn(C)cc1CNC(=O)N(CC)CC. The van der Waals surface area contributed by atoms with Crippen LogP contribution in [0.3, 0.4) is 0 Å². The summed E-state index contributed by atoms with van der Waals surface area (Å²) in [4.78, 5) is 13.5. The van der Waals surface area contributed by atoms with Crippen LogP contribution in [-0.2, 0) is 20.0 Å². The lowest BCUT2D eigenvalue weighted by Gasteiger charge is -2.19. The highest BCUT2D eigenvalue weighted by atomic mass is 16.2. The van der Waals surface area contributed by atoms with Crippen LogP contribution < -0.4 is 5.32 Å². The van der Waals surface area contributed by atoms with Gasteiger partial charge in [-0.3, -0.25) is 4.68 Å². The number of urea groups is 1. The number of rotatable bonds is 5. The molecular weight excluding hydrogens is 216 g/mol. The first-order valence-electron chi connectivity index (χ1n) is 6.16. The molecule has 1 aromatic heterocycles. The zero-order valence-electron chi connectivity index (χ0n) is 11.2. The van der Waals surface area contributed by atoms with E-state index in [-0.39, 0.29) is 6.03 Å². The Morgan fingerprint density at radius 2 is 2.06 bits per heavy atom. The Kier molecular flexibility index (Phi) is 5.00. The second-order valence-corrected chi connectivity index (χ2v) is 3.96. The van der Waals surface area contributed by atoms with Crippen LogP contribution >= 0.6 is 0 Å². The molecule has 0 radical (unpaired) electrons. The van der Waals surface area contributed by atoms with Gasteiger partial charge in [-0.1, -0.05) is 6.92 Å². The van der Waals surface area contributed by atoms with Crippen LogP contribution in [-0.4, -0.2) is 33.8 Å². The van der Waals surface area contributed by atoms with Crippen LogP contribution in [0, 0.1) is 0 Å². The van der Waals surface area contributed by atoms with Gasteiger partial charge in [0, 0.05) is 38.4 Å². The lowest BCUT2D eigenvalue weighted by molar-refractivity contribution is 0.203. The van der Waals surface area contributed by atoms with Gasteiger partial charge in [0.2, 0.25) is 0 Å². The number of aryl methyl sites for hydroxylation is 2. The van der Waals surface area contributed by atoms with E-state index in [9.17, 15) is 4.79 Å². The lowest BCUT2D eigenvalue weighted by atomic mass is 10.2. The molecule has 0 aromatic carbocycles. The van der Waals surface area contributed by atoms with Crippen LogP contribution in [0.1, 0.15) is 32.0 Å². The Morgan fingerprint density at radius 3 is 2.59 bits per heavy atom. The third-order valence-electron chi connectivity index (χ3n) is 2.81. The van der Waals surface area contributed by atoms with Crippen molar-refractivity contribution in [2.75, 3.05) is 13.1 Å². The summed E-state index contributed by atoms with van der Waals surface area (Å²) in [6.45, 7) is 8.03. The van der Waals surface area contributed by atoms with Gasteiger partial charge < -0.3 is 10.2 Å². The number of carbonyl (C=O) groups is 1. The van der Waals surface area contributed by atoms with E-state index in [2.05, 4.69) is 17.3 Å². The van der Waals surface area contributed by atoms with Crippen LogP contribution in [0.25, 0.3) is 0 Å². The topological polar surface area (TPSA) is 50.2 Å². The maximum atomic E-state index is 11.8. The van der Waals surface area contributed by atoms with E-state index < -0.39 is 0 Å². The van der Waals surface area contributed by atoms with Gasteiger partial charge in [-0.2, -0.15) is 5.10 Å². The number of carbonyl (C=O) groups excluding carboxylic acids is 1. The number of nitrogens with one attached hydrogen (secondary N) is 1. The van der Waals surface area contributed by atoms with Crippen molar-refractivity contribution in [1.29, 1.82) is 0 Å². The van der Waals surface area contributed by atoms with Crippen molar-refractivity contribution in [2.24, 2.45) is 7.05 Å². The van der Waals surface area contributed by atoms with E-state index >= 15 is 0 Å². The van der Waals surface area contributed by atoms with Gasteiger partial charge in [-0.25, -0.2) is 4.79 Å². The number of amides is 2. The third-order valence-corrected chi connectivity index (χ3v) is 2.81. The smallest absolute Gasteiger partial charge is 0.317 e. The Labute approximate surface area is 103 Å². The fourth-order valence-electron chi connectivity index (χ4n) is 1.82. The van der Waals surface area contributed by atoms with Crippen molar-refractivity contribution in [1.82, 2.24) is 20.0 Å². The van der Waals surface area contributed by atoms with Crippen molar-refractivity contribution >= 4 is 6.03 Å². The second-order valence-electron chi connectivity index (χ2n) is 3.96. The van der Waals surface area contributed by atoms with Crippen LogP contribution in [0.15, 0.2) is 6.20 Å². The Hall–Kier alpha value is -1.52. The molecule has 96 valence electrons. The Morgan fingerprint density at radius 1 is 1.41 bits per heavy atom. The molecule has 0 saturated carbocycles. The highest BCUT2D eigenvalue weighted by Gasteiger charge is 2.11. The van der Waals surface area contributed by atoms with Gasteiger partial charge in [0.05, 0.1) is 5.69 Å².